The predicted octanol–water partition coefficient (Wildman–Crippen LogP) is 2.02. The summed E-state index contributed by atoms with van der Waals surface area (Å²) in [7, 11) is 1.74. The van der Waals surface area contributed by atoms with Crippen molar-refractivity contribution in [3.63, 3.8) is 0 Å². The SMILES string of the molecule is CC(C)NC(=O)Nc1ccccc1NC(=O)C1CCN(C)C(=O)C1. The summed E-state index contributed by atoms with van der Waals surface area (Å²) in [6, 6.07) is 6.67. The van der Waals surface area contributed by atoms with Gasteiger partial charge in [0.25, 0.3) is 0 Å². The molecular formula is C17H24N4O3. The van der Waals surface area contributed by atoms with Gasteiger partial charge in [0.15, 0.2) is 0 Å². The zero-order valence-electron chi connectivity index (χ0n) is 14.3. The third kappa shape index (κ3) is 4.71. The number of urea groups is 1. The molecule has 1 heterocycles. The Morgan fingerprint density at radius 2 is 1.79 bits per heavy atom. The average Bonchev–Trinajstić information content (AvgIpc) is 2.51. The van der Waals surface area contributed by atoms with Gasteiger partial charge in [-0.3, -0.25) is 9.59 Å². The minimum absolute atomic E-state index is 0.0111. The zero-order chi connectivity index (χ0) is 17.7. The number of hydrogen-bond acceptors (Lipinski definition) is 3. The van der Waals surface area contributed by atoms with E-state index in [9.17, 15) is 14.4 Å². The number of piperidine rings is 1. The summed E-state index contributed by atoms with van der Waals surface area (Å²) in [5.41, 5.74) is 1.04. The molecule has 7 heteroatoms. The summed E-state index contributed by atoms with van der Waals surface area (Å²) >= 11 is 0. The Bertz CT molecular complexity index is 630. The Morgan fingerprint density at radius 1 is 1.17 bits per heavy atom. The molecule has 0 saturated carbocycles. The second-order valence-corrected chi connectivity index (χ2v) is 6.29. The normalized spacial score (nSPS) is 17.6. The second-order valence-electron chi connectivity index (χ2n) is 6.29. The molecule has 7 nitrogen and oxygen atoms in total. The Hall–Kier alpha value is -2.57. The molecule has 1 aliphatic rings. The second kappa shape index (κ2) is 7.81. The number of anilines is 2. The quantitative estimate of drug-likeness (QED) is 0.788. The summed E-state index contributed by atoms with van der Waals surface area (Å²) in [5, 5.41) is 8.28. The molecule has 2 rings (SSSR count). The summed E-state index contributed by atoms with van der Waals surface area (Å²) < 4.78 is 0. The van der Waals surface area contributed by atoms with E-state index in [2.05, 4.69) is 16.0 Å². The molecule has 0 spiro atoms. The molecule has 0 aliphatic carbocycles. The summed E-state index contributed by atoms with van der Waals surface area (Å²) in [6.45, 7) is 4.31. The number of nitrogens with zero attached hydrogens (tertiary/aromatic N) is 1. The van der Waals surface area contributed by atoms with Gasteiger partial charge in [-0.1, -0.05) is 12.1 Å². The van der Waals surface area contributed by atoms with Crippen LogP contribution in [0.5, 0.6) is 0 Å². The Kier molecular flexibility index (Phi) is 5.78. The van der Waals surface area contributed by atoms with Crippen LogP contribution >= 0.6 is 0 Å². The van der Waals surface area contributed by atoms with Crippen molar-refractivity contribution in [1.29, 1.82) is 0 Å². The van der Waals surface area contributed by atoms with E-state index >= 15 is 0 Å². The Morgan fingerprint density at radius 3 is 2.38 bits per heavy atom. The van der Waals surface area contributed by atoms with Crippen molar-refractivity contribution in [2.45, 2.75) is 32.7 Å². The summed E-state index contributed by atoms with van der Waals surface area (Å²) in [6.07, 6.45) is 0.850. The number of amides is 4. The number of nitrogens with one attached hydrogen (secondary N) is 3. The summed E-state index contributed by atoms with van der Waals surface area (Å²) in [5.74, 6) is -0.565. The first kappa shape index (κ1) is 17.8. The molecule has 1 aliphatic heterocycles. The molecule has 1 aromatic carbocycles. The number of carbonyl (C=O) groups excluding carboxylic acids is 3. The van der Waals surface area contributed by atoms with Gasteiger partial charge >= 0.3 is 6.03 Å². The first-order chi connectivity index (χ1) is 11.4. The van der Waals surface area contributed by atoms with E-state index in [0.29, 0.717) is 24.3 Å². The van der Waals surface area contributed by atoms with Crippen LogP contribution in [0.3, 0.4) is 0 Å². The summed E-state index contributed by atoms with van der Waals surface area (Å²) in [4.78, 5) is 37.7. The van der Waals surface area contributed by atoms with Crippen LogP contribution < -0.4 is 16.0 Å². The molecular weight excluding hydrogens is 308 g/mol. The van der Waals surface area contributed by atoms with E-state index in [4.69, 9.17) is 0 Å². The molecule has 0 aromatic heterocycles. The van der Waals surface area contributed by atoms with Crippen molar-refractivity contribution in [1.82, 2.24) is 10.2 Å². The van der Waals surface area contributed by atoms with Gasteiger partial charge in [0, 0.05) is 32.0 Å². The first-order valence-corrected chi connectivity index (χ1v) is 8.08. The monoisotopic (exact) mass is 332 g/mol. The van der Waals surface area contributed by atoms with E-state index in [1.165, 1.54) is 0 Å². The van der Waals surface area contributed by atoms with Gasteiger partial charge in [-0.05, 0) is 32.4 Å². The fourth-order valence-corrected chi connectivity index (χ4v) is 2.52. The number of benzene rings is 1. The lowest BCUT2D eigenvalue weighted by Crippen LogP contribution is -2.40. The zero-order valence-corrected chi connectivity index (χ0v) is 14.3. The van der Waals surface area contributed by atoms with Gasteiger partial charge in [0.2, 0.25) is 11.8 Å². The van der Waals surface area contributed by atoms with Gasteiger partial charge < -0.3 is 20.9 Å². The number of carbonyl (C=O) groups is 3. The molecule has 1 saturated heterocycles. The fraction of sp³-hybridized carbons (Fsp3) is 0.471. The molecule has 3 N–H and O–H groups in total. The smallest absolute Gasteiger partial charge is 0.319 e. The van der Waals surface area contributed by atoms with Crippen molar-refractivity contribution in [3.8, 4) is 0 Å². The van der Waals surface area contributed by atoms with Gasteiger partial charge in [-0.2, -0.15) is 0 Å². The van der Waals surface area contributed by atoms with Crippen molar-refractivity contribution in [3.05, 3.63) is 24.3 Å². The molecule has 0 bridgehead atoms. The van der Waals surface area contributed by atoms with Crippen LogP contribution in [0.15, 0.2) is 24.3 Å². The van der Waals surface area contributed by atoms with Gasteiger partial charge in [0.1, 0.15) is 0 Å². The predicted molar refractivity (Wildman–Crippen MR) is 92.7 cm³/mol. The van der Waals surface area contributed by atoms with Crippen LogP contribution in [0.4, 0.5) is 16.2 Å². The van der Waals surface area contributed by atoms with Crippen molar-refractivity contribution in [2.75, 3.05) is 24.2 Å². The topological polar surface area (TPSA) is 90.5 Å². The third-order valence-corrected chi connectivity index (χ3v) is 3.88. The highest BCUT2D eigenvalue weighted by Crippen LogP contribution is 2.24. The largest absolute Gasteiger partial charge is 0.346 e. The molecule has 1 aromatic rings. The molecule has 1 atom stereocenters. The number of rotatable bonds is 4. The van der Waals surface area contributed by atoms with Crippen molar-refractivity contribution in [2.24, 2.45) is 5.92 Å². The van der Waals surface area contributed by atoms with E-state index < -0.39 is 0 Å². The third-order valence-electron chi connectivity index (χ3n) is 3.88. The maximum Gasteiger partial charge on any atom is 0.319 e. The van der Waals surface area contributed by atoms with Gasteiger partial charge in [0.05, 0.1) is 11.4 Å². The van der Waals surface area contributed by atoms with Crippen LogP contribution in [0.25, 0.3) is 0 Å². The van der Waals surface area contributed by atoms with E-state index in [0.717, 1.165) is 0 Å². The average molecular weight is 332 g/mol. The maximum absolute atomic E-state index is 12.4. The van der Waals surface area contributed by atoms with Crippen LogP contribution in [-0.2, 0) is 9.59 Å². The number of hydrogen-bond donors (Lipinski definition) is 3. The highest BCUT2D eigenvalue weighted by molar-refractivity contribution is 6.01. The van der Waals surface area contributed by atoms with Crippen molar-refractivity contribution < 1.29 is 14.4 Å². The van der Waals surface area contributed by atoms with E-state index in [1.807, 2.05) is 13.8 Å². The van der Waals surface area contributed by atoms with Crippen LogP contribution in [0, 0.1) is 5.92 Å². The molecule has 24 heavy (non-hydrogen) atoms. The first-order valence-electron chi connectivity index (χ1n) is 8.08. The van der Waals surface area contributed by atoms with E-state index in [-0.39, 0.29) is 36.2 Å². The molecule has 1 fully saturated rings. The minimum atomic E-state index is -0.341. The van der Waals surface area contributed by atoms with Crippen LogP contribution in [-0.4, -0.2) is 42.4 Å². The highest BCUT2D eigenvalue weighted by atomic mass is 16.2. The molecule has 1 unspecified atom stereocenters. The number of para-hydroxylation sites is 2. The Balaban J connectivity index is 2.03. The minimum Gasteiger partial charge on any atom is -0.346 e. The lowest BCUT2D eigenvalue weighted by atomic mass is 9.95. The highest BCUT2D eigenvalue weighted by Gasteiger charge is 2.28. The standard InChI is InChI=1S/C17H24N4O3/c1-11(2)18-17(24)20-14-7-5-4-6-13(14)19-16(23)12-8-9-21(3)15(22)10-12/h4-7,11-12H,8-10H2,1-3H3,(H,19,23)(H2,18,20,24). The lowest BCUT2D eigenvalue weighted by molar-refractivity contribution is -0.137. The van der Waals surface area contributed by atoms with Crippen molar-refractivity contribution >= 4 is 29.2 Å². The van der Waals surface area contributed by atoms with Gasteiger partial charge in [-0.25, -0.2) is 4.79 Å². The lowest BCUT2D eigenvalue weighted by Gasteiger charge is -2.28. The number of likely N-dealkylation sites (tertiary alicyclic amines) is 1. The molecule has 130 valence electrons. The fourth-order valence-electron chi connectivity index (χ4n) is 2.52. The molecule has 4 amide bonds. The van der Waals surface area contributed by atoms with Crippen LogP contribution in [0.1, 0.15) is 26.7 Å². The Labute approximate surface area is 141 Å². The molecule has 0 radical (unpaired) electrons. The van der Waals surface area contributed by atoms with E-state index in [1.54, 1.807) is 36.2 Å². The van der Waals surface area contributed by atoms with Crippen LogP contribution in [0.2, 0.25) is 0 Å². The van der Waals surface area contributed by atoms with Gasteiger partial charge in [-0.15, -0.1) is 0 Å². The maximum atomic E-state index is 12.4.